The van der Waals surface area contributed by atoms with Gasteiger partial charge < -0.3 is 5.32 Å². The Labute approximate surface area is 138 Å². The van der Waals surface area contributed by atoms with Crippen LogP contribution in [-0.4, -0.2) is 55.6 Å². The summed E-state index contributed by atoms with van der Waals surface area (Å²) in [4.78, 5) is 4.95. The summed E-state index contributed by atoms with van der Waals surface area (Å²) in [6.07, 6.45) is 0.956. The molecule has 22 heavy (non-hydrogen) atoms. The van der Waals surface area contributed by atoms with Crippen LogP contribution >= 0.6 is 11.6 Å². The molecule has 0 bridgehead atoms. The van der Waals surface area contributed by atoms with Gasteiger partial charge in [-0.05, 0) is 57.6 Å². The van der Waals surface area contributed by atoms with E-state index in [9.17, 15) is 4.39 Å². The number of piperazine rings is 1. The van der Waals surface area contributed by atoms with Gasteiger partial charge in [-0.25, -0.2) is 4.39 Å². The zero-order chi connectivity index (χ0) is 16.1. The summed E-state index contributed by atoms with van der Waals surface area (Å²) in [5.74, 6) is -0.252. The zero-order valence-electron chi connectivity index (χ0n) is 13.8. The van der Waals surface area contributed by atoms with Crippen molar-refractivity contribution in [3.63, 3.8) is 0 Å². The molecule has 0 unspecified atom stereocenters. The maximum atomic E-state index is 13.7. The highest BCUT2D eigenvalue weighted by molar-refractivity contribution is 6.30. The highest BCUT2D eigenvalue weighted by Crippen LogP contribution is 2.28. The van der Waals surface area contributed by atoms with Gasteiger partial charge in [0.25, 0.3) is 0 Å². The molecule has 0 aromatic heterocycles. The first-order chi connectivity index (χ1) is 10.5. The minimum absolute atomic E-state index is 0.218. The molecule has 0 spiro atoms. The fourth-order valence-electron chi connectivity index (χ4n) is 3.17. The van der Waals surface area contributed by atoms with Crippen molar-refractivity contribution in [3.05, 3.63) is 34.6 Å². The summed E-state index contributed by atoms with van der Waals surface area (Å²) in [5, 5.41) is 3.68. The molecule has 2 rings (SSSR count). The number of halogens is 2. The van der Waals surface area contributed by atoms with Crippen LogP contribution in [0.3, 0.4) is 0 Å². The standard InChI is InChI=1S/C17H27ClFN3/c1-13(2)21-6-8-22(9-7-21)17(4-5-20-3)14-10-15(18)12-16(19)11-14/h10-13,17,20H,4-9H2,1-3H3/t17-/m0/s1. The van der Waals surface area contributed by atoms with Crippen LogP contribution < -0.4 is 5.32 Å². The van der Waals surface area contributed by atoms with Gasteiger partial charge in [-0.1, -0.05) is 11.6 Å². The smallest absolute Gasteiger partial charge is 0.125 e. The topological polar surface area (TPSA) is 18.5 Å². The number of benzene rings is 1. The van der Waals surface area contributed by atoms with E-state index in [1.54, 1.807) is 6.07 Å². The minimum Gasteiger partial charge on any atom is -0.320 e. The van der Waals surface area contributed by atoms with Gasteiger partial charge in [0, 0.05) is 43.3 Å². The monoisotopic (exact) mass is 327 g/mol. The van der Waals surface area contributed by atoms with Gasteiger partial charge in [0.2, 0.25) is 0 Å². The number of nitrogens with zero attached hydrogens (tertiary/aromatic N) is 2. The molecule has 1 heterocycles. The Morgan fingerprint density at radius 1 is 1.14 bits per heavy atom. The molecule has 1 atom stereocenters. The van der Waals surface area contributed by atoms with Crippen LogP contribution in [0.1, 0.15) is 31.9 Å². The predicted molar refractivity (Wildman–Crippen MR) is 91.0 cm³/mol. The third kappa shape index (κ3) is 4.66. The molecular weight excluding hydrogens is 301 g/mol. The van der Waals surface area contributed by atoms with Gasteiger partial charge in [-0.2, -0.15) is 0 Å². The molecule has 0 saturated carbocycles. The molecule has 3 nitrogen and oxygen atoms in total. The second-order valence-electron chi connectivity index (χ2n) is 6.28. The maximum absolute atomic E-state index is 13.7. The van der Waals surface area contributed by atoms with Crippen molar-refractivity contribution in [3.8, 4) is 0 Å². The average Bonchev–Trinajstić information content (AvgIpc) is 2.47. The van der Waals surface area contributed by atoms with Crippen molar-refractivity contribution in [1.82, 2.24) is 15.1 Å². The zero-order valence-corrected chi connectivity index (χ0v) is 14.5. The molecule has 0 radical (unpaired) electrons. The summed E-state index contributed by atoms with van der Waals surface area (Å²) in [6, 6.07) is 5.70. The Kier molecular flexibility index (Phi) is 6.63. The van der Waals surface area contributed by atoms with Gasteiger partial charge in [-0.15, -0.1) is 0 Å². The predicted octanol–water partition coefficient (Wildman–Crippen LogP) is 3.16. The largest absolute Gasteiger partial charge is 0.320 e. The lowest BCUT2D eigenvalue weighted by molar-refractivity contribution is 0.0747. The molecule has 5 heteroatoms. The number of nitrogens with one attached hydrogen (secondary N) is 1. The highest BCUT2D eigenvalue weighted by atomic mass is 35.5. The van der Waals surface area contributed by atoms with Gasteiger partial charge in [0.1, 0.15) is 5.82 Å². The molecule has 1 saturated heterocycles. The van der Waals surface area contributed by atoms with E-state index in [1.165, 1.54) is 6.07 Å². The van der Waals surface area contributed by atoms with E-state index in [4.69, 9.17) is 11.6 Å². The van der Waals surface area contributed by atoms with Crippen LogP contribution in [0.5, 0.6) is 0 Å². The third-order valence-electron chi connectivity index (χ3n) is 4.46. The first kappa shape index (κ1) is 17.7. The number of hydrogen-bond donors (Lipinski definition) is 1. The van der Waals surface area contributed by atoms with Crippen molar-refractivity contribution in [2.45, 2.75) is 32.4 Å². The molecule has 1 aliphatic rings. The van der Waals surface area contributed by atoms with Crippen LogP contribution in [0.2, 0.25) is 5.02 Å². The van der Waals surface area contributed by atoms with Crippen LogP contribution in [0.25, 0.3) is 0 Å². The second kappa shape index (κ2) is 8.25. The first-order valence-electron chi connectivity index (χ1n) is 8.10. The summed E-state index contributed by atoms with van der Waals surface area (Å²) in [7, 11) is 1.95. The van der Waals surface area contributed by atoms with Crippen LogP contribution in [0, 0.1) is 5.82 Å². The SMILES string of the molecule is CNCC[C@@H](c1cc(F)cc(Cl)c1)N1CCN(C(C)C)CC1. The number of rotatable bonds is 6. The lowest BCUT2D eigenvalue weighted by Gasteiger charge is -2.41. The normalized spacial score (nSPS) is 18.8. The van der Waals surface area contributed by atoms with E-state index in [2.05, 4.69) is 29.0 Å². The van der Waals surface area contributed by atoms with Crippen molar-refractivity contribution in [2.75, 3.05) is 39.8 Å². The molecule has 1 N–H and O–H groups in total. The van der Waals surface area contributed by atoms with E-state index in [1.807, 2.05) is 13.1 Å². The van der Waals surface area contributed by atoms with E-state index in [0.29, 0.717) is 11.1 Å². The fraction of sp³-hybridized carbons (Fsp3) is 0.647. The van der Waals surface area contributed by atoms with Gasteiger partial charge in [0.05, 0.1) is 0 Å². The van der Waals surface area contributed by atoms with Gasteiger partial charge >= 0.3 is 0 Å². The van der Waals surface area contributed by atoms with E-state index >= 15 is 0 Å². The summed E-state index contributed by atoms with van der Waals surface area (Å²) in [5.41, 5.74) is 0.984. The minimum atomic E-state index is -0.252. The average molecular weight is 328 g/mol. The fourth-order valence-corrected chi connectivity index (χ4v) is 3.40. The lowest BCUT2D eigenvalue weighted by Crippen LogP contribution is -2.50. The van der Waals surface area contributed by atoms with E-state index < -0.39 is 0 Å². The second-order valence-corrected chi connectivity index (χ2v) is 6.71. The van der Waals surface area contributed by atoms with Gasteiger partial charge in [-0.3, -0.25) is 9.80 Å². The first-order valence-corrected chi connectivity index (χ1v) is 8.47. The lowest BCUT2D eigenvalue weighted by atomic mass is 10.0. The maximum Gasteiger partial charge on any atom is 0.125 e. The Morgan fingerprint density at radius 2 is 1.77 bits per heavy atom. The Bertz CT molecular complexity index is 453. The van der Waals surface area contributed by atoms with Crippen LogP contribution in [-0.2, 0) is 0 Å². The Hall–Kier alpha value is -0.680. The summed E-state index contributed by atoms with van der Waals surface area (Å²) < 4.78 is 13.7. The summed E-state index contributed by atoms with van der Waals surface area (Å²) in [6.45, 7) is 9.54. The quantitative estimate of drug-likeness (QED) is 0.866. The molecule has 0 amide bonds. The Balaban J connectivity index is 2.12. The highest BCUT2D eigenvalue weighted by Gasteiger charge is 2.26. The molecule has 1 aliphatic heterocycles. The molecule has 0 aliphatic carbocycles. The Morgan fingerprint density at radius 3 is 2.32 bits per heavy atom. The molecule has 1 fully saturated rings. The number of hydrogen-bond acceptors (Lipinski definition) is 3. The van der Waals surface area contributed by atoms with Crippen molar-refractivity contribution in [2.24, 2.45) is 0 Å². The van der Waals surface area contributed by atoms with Gasteiger partial charge in [0.15, 0.2) is 0 Å². The van der Waals surface area contributed by atoms with Crippen molar-refractivity contribution >= 4 is 11.6 Å². The third-order valence-corrected chi connectivity index (χ3v) is 4.68. The molecule has 1 aromatic rings. The van der Waals surface area contributed by atoms with Crippen LogP contribution in [0.4, 0.5) is 4.39 Å². The summed E-state index contributed by atoms with van der Waals surface area (Å²) >= 11 is 6.05. The molecule has 1 aromatic carbocycles. The van der Waals surface area contributed by atoms with Crippen molar-refractivity contribution in [1.29, 1.82) is 0 Å². The van der Waals surface area contributed by atoms with Crippen molar-refractivity contribution < 1.29 is 4.39 Å². The van der Waals surface area contributed by atoms with E-state index in [0.717, 1.165) is 44.7 Å². The van der Waals surface area contributed by atoms with Crippen LogP contribution in [0.15, 0.2) is 18.2 Å². The van der Waals surface area contributed by atoms with E-state index in [-0.39, 0.29) is 11.9 Å². The molecular formula is C17H27ClFN3. The molecule has 124 valence electrons.